The molecule has 1 N–H and O–H groups in total. The minimum absolute atomic E-state index is 0.226. The molecule has 0 radical (unpaired) electrons. The van der Waals surface area contributed by atoms with Gasteiger partial charge in [0.05, 0.1) is 0 Å². The molecule has 0 aromatic rings. The minimum atomic E-state index is -0.606. The zero-order chi connectivity index (χ0) is 22.4. The average molecular weight is 429 g/mol. The molecule has 0 heterocycles. The lowest BCUT2D eigenvalue weighted by Gasteiger charge is -2.58. The number of hydrogen-bond acceptors (Lipinski definition) is 2. The highest BCUT2D eigenvalue weighted by atomic mass is 17.1. The van der Waals surface area contributed by atoms with Crippen LogP contribution in [0, 0.1) is 46.3 Å². The van der Waals surface area contributed by atoms with Crippen LogP contribution in [0.25, 0.3) is 0 Å². The Morgan fingerprint density at radius 3 is 2.61 bits per heavy atom. The van der Waals surface area contributed by atoms with Crippen LogP contribution in [0.2, 0.25) is 0 Å². The molecule has 2 nitrogen and oxygen atoms in total. The highest BCUT2D eigenvalue weighted by Crippen LogP contribution is 2.67. The van der Waals surface area contributed by atoms with Crippen LogP contribution in [-0.2, 0) is 4.89 Å². The fraction of sp³-hybridized carbons (Fsp3) is 0.862. The lowest BCUT2D eigenvalue weighted by Crippen LogP contribution is -2.50. The maximum Gasteiger partial charge on any atom is 0.123 e. The van der Waals surface area contributed by atoms with Crippen LogP contribution in [0.5, 0.6) is 0 Å². The van der Waals surface area contributed by atoms with E-state index in [4.69, 9.17) is 4.89 Å². The van der Waals surface area contributed by atoms with Crippen molar-refractivity contribution in [3.8, 4) is 0 Å². The Morgan fingerprint density at radius 2 is 1.94 bits per heavy atom. The summed E-state index contributed by atoms with van der Waals surface area (Å²) in [6, 6.07) is 0. The van der Waals surface area contributed by atoms with E-state index in [0.717, 1.165) is 36.5 Å². The van der Waals surface area contributed by atoms with Crippen LogP contribution < -0.4 is 0 Å². The molecule has 0 saturated heterocycles. The van der Waals surface area contributed by atoms with Crippen molar-refractivity contribution in [1.29, 1.82) is 0 Å². The van der Waals surface area contributed by atoms with Crippen LogP contribution >= 0.6 is 0 Å². The SMILES string of the molecule is C=CC(CCC(C)C1CCC2C3CC=C4CCCCC4(C)C3CCC12C)(OO)C(C)C. The normalized spacial score (nSPS) is 42.7. The van der Waals surface area contributed by atoms with E-state index in [9.17, 15) is 5.26 Å². The topological polar surface area (TPSA) is 29.5 Å². The molecule has 3 fully saturated rings. The second-order valence-electron chi connectivity index (χ2n) is 12.6. The van der Waals surface area contributed by atoms with Gasteiger partial charge in [-0.1, -0.05) is 58.8 Å². The summed E-state index contributed by atoms with van der Waals surface area (Å²) in [6.45, 7) is 16.0. The summed E-state index contributed by atoms with van der Waals surface area (Å²) in [5, 5.41) is 9.63. The van der Waals surface area contributed by atoms with E-state index < -0.39 is 5.60 Å². The molecule has 8 atom stereocenters. The van der Waals surface area contributed by atoms with Crippen LogP contribution in [0.3, 0.4) is 0 Å². The van der Waals surface area contributed by atoms with Gasteiger partial charge in [0.1, 0.15) is 5.60 Å². The molecule has 4 aliphatic carbocycles. The Kier molecular flexibility index (Phi) is 6.56. The Bertz CT molecular complexity index is 695. The first kappa shape index (κ1) is 23.6. The van der Waals surface area contributed by atoms with E-state index in [1.165, 1.54) is 57.8 Å². The second kappa shape index (κ2) is 8.64. The molecule has 0 aromatic heterocycles. The second-order valence-corrected chi connectivity index (χ2v) is 12.6. The third-order valence-corrected chi connectivity index (χ3v) is 11.3. The van der Waals surface area contributed by atoms with Crippen LogP contribution in [0.1, 0.15) is 105 Å². The molecular formula is C29H48O2. The average Bonchev–Trinajstić information content (AvgIpc) is 3.11. The standard InChI is InChI=1S/C29H48O2/c1-7-29(31-30,20(2)3)19-15-21(4)24-13-14-25-23-12-11-22-10-8-9-17-27(22,5)26(23)16-18-28(24,25)6/h7,11,20-21,23-26,30H,1,8-10,12-19H2,2-6H3. The van der Waals surface area contributed by atoms with E-state index >= 15 is 0 Å². The summed E-state index contributed by atoms with van der Waals surface area (Å²) < 4.78 is 0. The van der Waals surface area contributed by atoms with Crippen molar-refractivity contribution in [2.75, 3.05) is 0 Å². The molecular weight excluding hydrogens is 380 g/mol. The van der Waals surface area contributed by atoms with Crippen molar-refractivity contribution in [3.63, 3.8) is 0 Å². The van der Waals surface area contributed by atoms with Gasteiger partial charge in [0.2, 0.25) is 0 Å². The molecule has 0 amide bonds. The minimum Gasteiger partial charge on any atom is -0.251 e. The smallest absolute Gasteiger partial charge is 0.123 e. The van der Waals surface area contributed by atoms with E-state index in [0.29, 0.717) is 16.7 Å². The van der Waals surface area contributed by atoms with Gasteiger partial charge in [-0.05, 0) is 111 Å². The highest BCUT2D eigenvalue weighted by Gasteiger charge is 2.58. The maximum absolute atomic E-state index is 9.63. The first-order valence-corrected chi connectivity index (χ1v) is 13.4. The van der Waals surface area contributed by atoms with Crippen molar-refractivity contribution in [3.05, 3.63) is 24.3 Å². The predicted molar refractivity (Wildman–Crippen MR) is 130 cm³/mol. The van der Waals surface area contributed by atoms with Gasteiger partial charge < -0.3 is 0 Å². The lowest BCUT2D eigenvalue weighted by molar-refractivity contribution is -0.321. The molecule has 0 aromatic carbocycles. The Hall–Kier alpha value is -0.600. The van der Waals surface area contributed by atoms with Gasteiger partial charge >= 0.3 is 0 Å². The number of hydrogen-bond donors (Lipinski definition) is 1. The quantitative estimate of drug-likeness (QED) is 0.250. The van der Waals surface area contributed by atoms with E-state index in [2.05, 4.69) is 47.3 Å². The fourth-order valence-electron chi connectivity index (χ4n) is 9.14. The molecule has 176 valence electrons. The molecule has 31 heavy (non-hydrogen) atoms. The number of fused-ring (bicyclic) bond motifs is 5. The molecule has 0 spiro atoms. The monoisotopic (exact) mass is 428 g/mol. The molecule has 4 aliphatic rings. The van der Waals surface area contributed by atoms with Gasteiger partial charge in [-0.25, -0.2) is 4.89 Å². The zero-order valence-electron chi connectivity index (χ0n) is 21.0. The van der Waals surface area contributed by atoms with Crippen molar-refractivity contribution < 1.29 is 10.1 Å². The van der Waals surface area contributed by atoms with Crippen LogP contribution in [0.4, 0.5) is 0 Å². The maximum atomic E-state index is 9.63. The highest BCUT2D eigenvalue weighted by molar-refractivity contribution is 5.24. The van der Waals surface area contributed by atoms with Crippen molar-refractivity contribution in [2.45, 2.75) is 111 Å². The van der Waals surface area contributed by atoms with Gasteiger partial charge in [0, 0.05) is 0 Å². The first-order valence-electron chi connectivity index (χ1n) is 13.4. The first-order chi connectivity index (χ1) is 14.7. The van der Waals surface area contributed by atoms with Gasteiger partial charge in [-0.15, -0.1) is 6.58 Å². The summed E-state index contributed by atoms with van der Waals surface area (Å²) in [6.07, 6.45) is 19.2. The molecule has 0 aliphatic heterocycles. The Labute approximate surface area is 191 Å². The summed E-state index contributed by atoms with van der Waals surface area (Å²) in [5.41, 5.74) is 2.22. The molecule has 4 rings (SSSR count). The summed E-state index contributed by atoms with van der Waals surface area (Å²) >= 11 is 0. The molecule has 8 unspecified atom stereocenters. The van der Waals surface area contributed by atoms with E-state index in [1.807, 2.05) is 11.6 Å². The van der Waals surface area contributed by atoms with Crippen molar-refractivity contribution in [2.24, 2.45) is 46.3 Å². The van der Waals surface area contributed by atoms with E-state index in [1.54, 1.807) is 0 Å². The Morgan fingerprint density at radius 1 is 1.16 bits per heavy atom. The third kappa shape index (κ3) is 3.68. The van der Waals surface area contributed by atoms with Crippen molar-refractivity contribution in [1.82, 2.24) is 0 Å². The molecule has 3 saturated carbocycles. The zero-order valence-corrected chi connectivity index (χ0v) is 21.0. The van der Waals surface area contributed by atoms with Gasteiger partial charge in [0.15, 0.2) is 0 Å². The van der Waals surface area contributed by atoms with Gasteiger partial charge in [0.25, 0.3) is 0 Å². The molecule has 2 heteroatoms. The predicted octanol–water partition coefficient (Wildman–Crippen LogP) is 8.44. The van der Waals surface area contributed by atoms with Crippen molar-refractivity contribution >= 4 is 0 Å². The van der Waals surface area contributed by atoms with Gasteiger partial charge in [-0.3, -0.25) is 5.26 Å². The third-order valence-electron chi connectivity index (χ3n) is 11.3. The summed E-state index contributed by atoms with van der Waals surface area (Å²) in [4.78, 5) is 5.00. The Balaban J connectivity index is 1.49. The lowest BCUT2D eigenvalue weighted by atomic mass is 9.47. The summed E-state index contributed by atoms with van der Waals surface area (Å²) in [7, 11) is 0. The largest absolute Gasteiger partial charge is 0.251 e. The van der Waals surface area contributed by atoms with Crippen LogP contribution in [0.15, 0.2) is 24.3 Å². The van der Waals surface area contributed by atoms with Crippen LogP contribution in [-0.4, -0.2) is 10.9 Å². The fourth-order valence-corrected chi connectivity index (χ4v) is 9.14. The van der Waals surface area contributed by atoms with Gasteiger partial charge in [-0.2, -0.15) is 0 Å². The number of rotatable bonds is 7. The number of allylic oxidation sites excluding steroid dienone is 2. The van der Waals surface area contributed by atoms with E-state index in [-0.39, 0.29) is 5.92 Å². The summed E-state index contributed by atoms with van der Waals surface area (Å²) in [5.74, 6) is 4.43. The molecule has 0 bridgehead atoms.